The second-order valence-corrected chi connectivity index (χ2v) is 14.2. The van der Waals surface area contributed by atoms with Crippen LogP contribution in [0, 0.1) is 44.4 Å². The number of hydrogen-bond acceptors (Lipinski definition) is 6. The predicted molar refractivity (Wildman–Crippen MR) is 147 cm³/mol. The van der Waals surface area contributed by atoms with E-state index in [0.717, 1.165) is 54.2 Å². The van der Waals surface area contributed by atoms with Gasteiger partial charge in [0.05, 0.1) is 24.0 Å². The van der Waals surface area contributed by atoms with Gasteiger partial charge in [0.25, 0.3) is 10.0 Å². The van der Waals surface area contributed by atoms with Crippen molar-refractivity contribution in [3.8, 4) is 0 Å². The zero-order valence-corrected chi connectivity index (χ0v) is 24.3. The predicted octanol–water partition coefficient (Wildman–Crippen LogP) is 5.07. The Balaban J connectivity index is 1.36. The van der Waals surface area contributed by atoms with Gasteiger partial charge in [-0.1, -0.05) is 17.7 Å². The largest absolute Gasteiger partial charge is 0.469 e. The van der Waals surface area contributed by atoms with Gasteiger partial charge < -0.3 is 14.8 Å². The number of hydrogen-bond donors (Lipinski definition) is 1. The van der Waals surface area contributed by atoms with Crippen LogP contribution in [0.25, 0.3) is 0 Å². The number of alkyl carbamates (subject to hydrolysis) is 1. The second kappa shape index (κ2) is 10.3. The third-order valence-electron chi connectivity index (χ3n) is 9.34. The molecule has 1 aromatic carbocycles. The van der Waals surface area contributed by atoms with E-state index in [1.165, 1.54) is 17.5 Å². The second-order valence-electron chi connectivity index (χ2n) is 12.4. The normalized spacial score (nSPS) is 27.2. The maximum Gasteiger partial charge on any atom is 0.407 e. The van der Waals surface area contributed by atoms with Crippen LogP contribution in [0.3, 0.4) is 0 Å². The summed E-state index contributed by atoms with van der Waals surface area (Å²) in [5.74, 6) is 1.92. The summed E-state index contributed by atoms with van der Waals surface area (Å²) in [5.41, 5.74) is 2.04. The first-order valence-electron chi connectivity index (χ1n) is 13.9. The van der Waals surface area contributed by atoms with Gasteiger partial charge in [0.2, 0.25) is 0 Å². The first-order valence-corrected chi connectivity index (χ1v) is 15.4. The van der Waals surface area contributed by atoms with Crippen molar-refractivity contribution in [2.75, 3.05) is 7.11 Å². The van der Waals surface area contributed by atoms with Gasteiger partial charge in [-0.15, -0.1) is 0 Å². The first kappa shape index (κ1) is 27.7. The van der Waals surface area contributed by atoms with Crippen molar-refractivity contribution >= 4 is 22.1 Å². The van der Waals surface area contributed by atoms with Gasteiger partial charge in [-0.05, 0) is 113 Å². The average molecular weight is 557 g/mol. The summed E-state index contributed by atoms with van der Waals surface area (Å²) in [6.07, 6.45) is 7.00. The van der Waals surface area contributed by atoms with Gasteiger partial charge in [-0.25, -0.2) is 17.2 Å². The van der Waals surface area contributed by atoms with Crippen LogP contribution in [0.2, 0.25) is 0 Å². The number of carbonyl (C=O) groups is 2. The lowest BCUT2D eigenvalue weighted by atomic mass is 9.55. The maximum absolute atomic E-state index is 13.4. The van der Waals surface area contributed by atoms with Crippen molar-refractivity contribution in [1.82, 2.24) is 9.29 Å². The Kier molecular flexibility index (Phi) is 7.33. The Labute approximate surface area is 231 Å². The molecule has 1 unspecified atom stereocenters. The number of benzene rings is 1. The molecule has 4 fully saturated rings. The lowest BCUT2D eigenvalue weighted by molar-refractivity contribution is -0.142. The molecule has 1 aromatic heterocycles. The molecule has 8 nitrogen and oxygen atoms in total. The van der Waals surface area contributed by atoms with Crippen LogP contribution in [-0.2, 0) is 30.7 Å². The number of rotatable bonds is 8. The highest BCUT2D eigenvalue weighted by molar-refractivity contribution is 7.90. The first-order chi connectivity index (χ1) is 18.4. The molecular weight excluding hydrogens is 516 g/mol. The van der Waals surface area contributed by atoms with E-state index in [1.54, 1.807) is 44.3 Å². The maximum atomic E-state index is 13.4. The zero-order valence-electron chi connectivity index (χ0n) is 23.5. The summed E-state index contributed by atoms with van der Waals surface area (Å²) in [4.78, 5) is 25.9. The number of aromatic nitrogens is 1. The van der Waals surface area contributed by atoms with Crippen LogP contribution in [0.1, 0.15) is 67.8 Å². The SMILES string of the molecule is COC(=O)CC(C)(Cc1cn(S(=O)(=O)c2ccc(C)cc2)c(C)c1C)NC(=O)OC1C2CC3CC(C2)CC1C3. The van der Waals surface area contributed by atoms with Crippen LogP contribution in [0.15, 0.2) is 35.4 Å². The van der Waals surface area contributed by atoms with Crippen molar-refractivity contribution in [2.24, 2.45) is 23.7 Å². The molecule has 1 atom stereocenters. The molecule has 0 saturated heterocycles. The van der Waals surface area contributed by atoms with E-state index in [4.69, 9.17) is 9.47 Å². The standard InChI is InChI=1S/C30H40N2O6S/c1-18-6-8-26(9-7-18)39(35,36)32-17-25(19(2)20(32)3)15-30(4,16-27(33)37-5)31-29(34)38-28-23-11-21-10-22(13-23)14-24(28)12-21/h6-9,17,21-24,28H,10-16H2,1-5H3,(H,31,34). The van der Waals surface area contributed by atoms with Crippen molar-refractivity contribution in [3.05, 3.63) is 52.8 Å². The van der Waals surface area contributed by atoms with Crippen LogP contribution in [0.5, 0.6) is 0 Å². The van der Waals surface area contributed by atoms with E-state index >= 15 is 0 Å². The summed E-state index contributed by atoms with van der Waals surface area (Å²) in [5, 5.41) is 2.98. The molecule has 0 aliphatic heterocycles. The van der Waals surface area contributed by atoms with E-state index in [1.807, 2.05) is 13.8 Å². The molecule has 6 rings (SSSR count). The molecule has 1 heterocycles. The Bertz CT molecular complexity index is 1330. The number of carbonyl (C=O) groups excluding carboxylic acids is 2. The Morgan fingerprint density at radius 3 is 2.15 bits per heavy atom. The summed E-state index contributed by atoms with van der Waals surface area (Å²) < 4.78 is 39.2. The van der Waals surface area contributed by atoms with Crippen molar-refractivity contribution in [2.45, 2.75) is 89.2 Å². The van der Waals surface area contributed by atoms with Gasteiger partial charge in [0.15, 0.2) is 0 Å². The van der Waals surface area contributed by atoms with Gasteiger partial charge in [0, 0.05) is 11.9 Å². The highest BCUT2D eigenvalue weighted by Crippen LogP contribution is 2.54. The minimum Gasteiger partial charge on any atom is -0.469 e. The smallest absolute Gasteiger partial charge is 0.407 e. The fourth-order valence-electron chi connectivity index (χ4n) is 7.41. The molecule has 9 heteroatoms. The molecule has 0 spiro atoms. The molecule has 39 heavy (non-hydrogen) atoms. The number of methoxy groups -OCH3 is 1. The quantitative estimate of drug-likeness (QED) is 0.456. The number of nitrogens with one attached hydrogen (secondary N) is 1. The molecule has 4 aliphatic rings. The number of ether oxygens (including phenoxy) is 2. The minimum absolute atomic E-state index is 0.0748. The third-order valence-corrected chi connectivity index (χ3v) is 11.1. The van der Waals surface area contributed by atoms with Crippen LogP contribution in [-0.4, -0.2) is 43.2 Å². The summed E-state index contributed by atoms with van der Waals surface area (Å²) >= 11 is 0. The molecule has 4 saturated carbocycles. The van der Waals surface area contributed by atoms with Gasteiger partial charge in [-0.3, -0.25) is 4.79 Å². The fraction of sp³-hybridized carbons (Fsp3) is 0.600. The van der Waals surface area contributed by atoms with Crippen LogP contribution in [0.4, 0.5) is 4.79 Å². The highest BCUT2D eigenvalue weighted by atomic mass is 32.2. The lowest BCUT2D eigenvalue weighted by Crippen LogP contribution is -2.54. The van der Waals surface area contributed by atoms with Crippen LogP contribution >= 0.6 is 0 Å². The van der Waals surface area contributed by atoms with E-state index in [2.05, 4.69) is 5.32 Å². The molecule has 4 bridgehead atoms. The molecular formula is C30H40N2O6S. The van der Waals surface area contributed by atoms with Crippen molar-refractivity contribution < 1.29 is 27.5 Å². The number of nitrogens with zero attached hydrogens (tertiary/aromatic N) is 1. The zero-order chi connectivity index (χ0) is 28.1. The van der Waals surface area contributed by atoms with E-state index in [-0.39, 0.29) is 23.8 Å². The average Bonchev–Trinajstić information content (AvgIpc) is 3.14. The van der Waals surface area contributed by atoms with Crippen LogP contribution < -0.4 is 5.32 Å². The Hall–Kier alpha value is -2.81. The third kappa shape index (κ3) is 5.47. The summed E-state index contributed by atoms with van der Waals surface area (Å²) in [6.45, 7) is 7.30. The highest BCUT2D eigenvalue weighted by Gasteiger charge is 2.50. The van der Waals surface area contributed by atoms with Gasteiger partial charge in [-0.2, -0.15) is 0 Å². The number of aryl methyl sites for hydroxylation is 1. The molecule has 1 N–H and O–H groups in total. The van der Waals surface area contributed by atoms with E-state index in [9.17, 15) is 18.0 Å². The monoisotopic (exact) mass is 556 g/mol. The lowest BCUT2D eigenvalue weighted by Gasteiger charge is -2.53. The summed E-state index contributed by atoms with van der Waals surface area (Å²) in [7, 11) is -2.50. The molecule has 212 valence electrons. The van der Waals surface area contributed by atoms with E-state index in [0.29, 0.717) is 17.5 Å². The molecule has 1 amide bonds. The van der Waals surface area contributed by atoms with E-state index < -0.39 is 27.6 Å². The molecule has 0 radical (unpaired) electrons. The molecule has 2 aromatic rings. The van der Waals surface area contributed by atoms with Gasteiger partial charge >= 0.3 is 12.1 Å². The Morgan fingerprint density at radius 1 is 1.00 bits per heavy atom. The van der Waals surface area contributed by atoms with Gasteiger partial charge in [0.1, 0.15) is 6.10 Å². The Morgan fingerprint density at radius 2 is 1.59 bits per heavy atom. The molecule has 4 aliphatic carbocycles. The topological polar surface area (TPSA) is 104 Å². The number of esters is 1. The fourth-order valence-corrected chi connectivity index (χ4v) is 8.88. The van der Waals surface area contributed by atoms with Crippen molar-refractivity contribution in [3.63, 3.8) is 0 Å². The summed E-state index contributed by atoms with van der Waals surface area (Å²) in [6, 6.07) is 6.74. The van der Waals surface area contributed by atoms with Crippen molar-refractivity contribution in [1.29, 1.82) is 0 Å². The minimum atomic E-state index is -3.81. The number of amides is 1.